The average molecular weight is 629 g/mol. The summed E-state index contributed by atoms with van der Waals surface area (Å²) in [6.45, 7) is 0.0776. The van der Waals surface area contributed by atoms with Crippen molar-refractivity contribution in [2.75, 3.05) is 7.11 Å². The lowest BCUT2D eigenvalue weighted by atomic mass is 9.91. The van der Waals surface area contributed by atoms with E-state index in [0.717, 1.165) is 12.7 Å². The number of pyridine rings is 1. The van der Waals surface area contributed by atoms with Gasteiger partial charge in [-0.25, -0.2) is 4.79 Å². The maximum Gasteiger partial charge on any atom is 0.359 e. The van der Waals surface area contributed by atoms with Gasteiger partial charge in [0.2, 0.25) is 17.4 Å². The smallest absolute Gasteiger partial charge is 0.359 e. The van der Waals surface area contributed by atoms with Crippen LogP contribution in [0.3, 0.4) is 0 Å². The van der Waals surface area contributed by atoms with Gasteiger partial charge in [0.15, 0.2) is 11.5 Å². The molecule has 6 rings (SSSR count). The van der Waals surface area contributed by atoms with Crippen LogP contribution in [0.15, 0.2) is 91.0 Å². The fraction of sp³-hybridized carbons (Fsp3) is 0.0882. The summed E-state index contributed by atoms with van der Waals surface area (Å²) >= 11 is 6.27. The molecule has 1 heterocycles. The number of halogens is 4. The number of methoxy groups -OCH3 is 1. The van der Waals surface area contributed by atoms with Crippen molar-refractivity contribution in [1.82, 2.24) is 4.98 Å². The lowest BCUT2D eigenvalue weighted by molar-refractivity contribution is -0.156. The maximum atomic E-state index is 16.2. The van der Waals surface area contributed by atoms with E-state index >= 15 is 13.2 Å². The second kappa shape index (κ2) is 11.9. The van der Waals surface area contributed by atoms with Crippen LogP contribution in [-0.4, -0.2) is 18.1 Å². The first kappa shape index (κ1) is 29.5. The van der Waals surface area contributed by atoms with Crippen LogP contribution in [0.5, 0.6) is 23.1 Å². The molecule has 0 amide bonds. The molecule has 0 saturated carbocycles. The molecule has 0 spiro atoms. The normalized spacial score (nSPS) is 14.6. The third-order valence-electron chi connectivity index (χ3n) is 7.17. The highest BCUT2D eigenvalue weighted by Crippen LogP contribution is 2.52. The number of benzene rings is 4. The van der Waals surface area contributed by atoms with Crippen molar-refractivity contribution in [1.29, 1.82) is 5.26 Å². The highest BCUT2D eigenvalue weighted by molar-refractivity contribution is 6.30. The first-order valence-corrected chi connectivity index (χ1v) is 13.7. The minimum Gasteiger partial charge on any atom is -0.485 e. The second-order valence-corrected chi connectivity index (χ2v) is 10.3. The molecule has 224 valence electrons. The van der Waals surface area contributed by atoms with E-state index in [-0.39, 0.29) is 39.8 Å². The highest BCUT2D eigenvalue weighted by atomic mass is 35.5. The number of fused-ring (bicyclic) bond motifs is 3. The Kier molecular flexibility index (Phi) is 7.79. The van der Waals surface area contributed by atoms with Crippen LogP contribution in [0.1, 0.15) is 22.3 Å². The molecule has 1 aliphatic carbocycles. The number of carbonyl (C=O) groups excluding carboxylic acids is 1. The number of aromatic nitrogens is 1. The predicted octanol–water partition coefficient (Wildman–Crippen LogP) is 7.87. The zero-order valence-electron chi connectivity index (χ0n) is 23.3. The molecule has 11 heteroatoms. The highest BCUT2D eigenvalue weighted by Gasteiger charge is 2.54. The van der Waals surface area contributed by atoms with Gasteiger partial charge in [0, 0.05) is 22.2 Å². The van der Waals surface area contributed by atoms with E-state index in [1.165, 1.54) is 30.3 Å². The van der Waals surface area contributed by atoms with Gasteiger partial charge in [-0.05, 0) is 41.0 Å². The van der Waals surface area contributed by atoms with E-state index in [4.69, 9.17) is 30.5 Å². The van der Waals surface area contributed by atoms with E-state index in [2.05, 4.69) is 4.98 Å². The molecule has 0 saturated heterocycles. The van der Waals surface area contributed by atoms with Gasteiger partial charge in [0.25, 0.3) is 17.4 Å². The SMILES string of the molecule is COC(=O)C1(Oc2c(F)c(F)nc(Oc3cc(C#N)ccc3OCc3ccccc3)c2F)c2ccccc2-c2ccc(Cl)cc21. The quantitative estimate of drug-likeness (QED) is 0.128. The molecule has 45 heavy (non-hydrogen) atoms. The Morgan fingerprint density at radius 3 is 2.38 bits per heavy atom. The molecule has 0 aliphatic heterocycles. The Morgan fingerprint density at radius 1 is 0.889 bits per heavy atom. The van der Waals surface area contributed by atoms with Crippen molar-refractivity contribution in [3.8, 4) is 40.3 Å². The number of rotatable bonds is 8. The Morgan fingerprint density at radius 2 is 1.62 bits per heavy atom. The zero-order valence-corrected chi connectivity index (χ0v) is 24.1. The van der Waals surface area contributed by atoms with E-state index in [1.807, 2.05) is 36.4 Å². The summed E-state index contributed by atoms with van der Waals surface area (Å²) in [5.74, 6) is -8.70. The summed E-state index contributed by atoms with van der Waals surface area (Å²) in [5, 5.41) is 9.63. The van der Waals surface area contributed by atoms with Crippen LogP contribution in [0.2, 0.25) is 5.02 Å². The van der Waals surface area contributed by atoms with E-state index < -0.39 is 40.8 Å². The molecule has 7 nitrogen and oxygen atoms in total. The number of hydrogen-bond acceptors (Lipinski definition) is 7. The number of esters is 1. The second-order valence-electron chi connectivity index (χ2n) is 9.82. The number of nitriles is 1. The van der Waals surface area contributed by atoms with Crippen molar-refractivity contribution in [3.63, 3.8) is 0 Å². The Balaban J connectivity index is 1.46. The van der Waals surface area contributed by atoms with Gasteiger partial charge in [-0.3, -0.25) is 0 Å². The largest absolute Gasteiger partial charge is 0.485 e. The van der Waals surface area contributed by atoms with Gasteiger partial charge in [-0.2, -0.15) is 23.4 Å². The summed E-state index contributed by atoms with van der Waals surface area (Å²) in [7, 11) is 1.08. The molecule has 5 aromatic rings. The first-order valence-electron chi connectivity index (χ1n) is 13.4. The molecule has 4 aromatic carbocycles. The van der Waals surface area contributed by atoms with Crippen molar-refractivity contribution in [2.24, 2.45) is 0 Å². The Labute approximate surface area is 260 Å². The topological polar surface area (TPSA) is 90.7 Å². The Hall–Kier alpha value is -5.53. The molecular formula is C34H20ClF3N2O5. The van der Waals surface area contributed by atoms with E-state index in [0.29, 0.717) is 11.1 Å². The third-order valence-corrected chi connectivity index (χ3v) is 7.40. The molecule has 1 atom stereocenters. The fourth-order valence-corrected chi connectivity index (χ4v) is 5.30. The van der Waals surface area contributed by atoms with Gasteiger partial charge in [-0.15, -0.1) is 0 Å². The minimum atomic E-state index is -2.29. The molecule has 0 fully saturated rings. The molecule has 0 N–H and O–H groups in total. The zero-order chi connectivity index (χ0) is 31.7. The summed E-state index contributed by atoms with van der Waals surface area (Å²) < 4.78 is 69.0. The lowest BCUT2D eigenvalue weighted by Crippen LogP contribution is -2.42. The van der Waals surface area contributed by atoms with Crippen molar-refractivity contribution in [3.05, 3.63) is 136 Å². The summed E-state index contributed by atoms with van der Waals surface area (Å²) in [6.07, 6.45) is 0. The van der Waals surface area contributed by atoms with Crippen LogP contribution in [0.25, 0.3) is 11.1 Å². The summed E-state index contributed by atoms with van der Waals surface area (Å²) in [4.78, 5) is 16.9. The van der Waals surface area contributed by atoms with Crippen LogP contribution in [0, 0.1) is 28.9 Å². The summed E-state index contributed by atoms with van der Waals surface area (Å²) in [6, 6.07) is 26.2. The molecule has 0 bridgehead atoms. The number of hydrogen-bond donors (Lipinski definition) is 0. The van der Waals surface area contributed by atoms with Crippen molar-refractivity contribution >= 4 is 17.6 Å². The average Bonchev–Trinajstić information content (AvgIpc) is 3.34. The van der Waals surface area contributed by atoms with E-state index in [1.54, 1.807) is 30.3 Å². The Bertz CT molecular complexity index is 2000. The monoisotopic (exact) mass is 628 g/mol. The van der Waals surface area contributed by atoms with Gasteiger partial charge < -0.3 is 18.9 Å². The van der Waals surface area contributed by atoms with Crippen LogP contribution < -0.4 is 14.2 Å². The predicted molar refractivity (Wildman–Crippen MR) is 156 cm³/mol. The van der Waals surface area contributed by atoms with E-state index in [9.17, 15) is 10.1 Å². The number of nitrogens with zero attached hydrogens (tertiary/aromatic N) is 2. The summed E-state index contributed by atoms with van der Waals surface area (Å²) in [5.41, 5.74) is -0.0761. The molecular weight excluding hydrogens is 609 g/mol. The number of carbonyl (C=O) groups is 1. The maximum absolute atomic E-state index is 16.2. The first-order chi connectivity index (χ1) is 21.8. The van der Waals surface area contributed by atoms with Gasteiger partial charge in [0.05, 0.1) is 18.7 Å². The standard InChI is InChI=1S/C34H20ClF3N2O5/c1-42-33(41)34(24-10-6-5-9-22(24)23-13-12-21(35)16-25(23)34)45-30-28(36)31(38)40-32(29(30)37)44-27-15-20(17-39)11-14-26(27)43-18-19-7-3-2-4-8-19/h2-16H,18H2,1H3. The van der Waals surface area contributed by atoms with Crippen molar-refractivity contribution in [2.45, 2.75) is 12.2 Å². The fourth-order valence-electron chi connectivity index (χ4n) is 5.13. The molecule has 1 aliphatic rings. The number of ether oxygens (including phenoxy) is 4. The lowest BCUT2D eigenvalue weighted by Gasteiger charge is -2.30. The van der Waals surface area contributed by atoms with Crippen LogP contribution in [0.4, 0.5) is 13.2 Å². The van der Waals surface area contributed by atoms with Crippen molar-refractivity contribution < 1.29 is 36.9 Å². The van der Waals surface area contributed by atoms with Crippen LogP contribution in [-0.2, 0) is 21.7 Å². The molecule has 0 radical (unpaired) electrons. The van der Waals surface area contributed by atoms with Gasteiger partial charge >= 0.3 is 5.97 Å². The molecule has 1 aromatic heterocycles. The van der Waals surface area contributed by atoms with Gasteiger partial charge in [0.1, 0.15) is 6.61 Å². The minimum absolute atomic E-state index is 0.0607. The molecule has 1 unspecified atom stereocenters. The van der Waals surface area contributed by atoms with Crippen LogP contribution >= 0.6 is 11.6 Å². The van der Waals surface area contributed by atoms with Gasteiger partial charge in [-0.1, -0.05) is 72.3 Å². The third kappa shape index (κ3) is 5.17.